The number of ether oxygens (including phenoxy) is 1. The first-order valence-electron chi connectivity index (χ1n) is 8.46. The lowest BCUT2D eigenvalue weighted by Crippen LogP contribution is -2.51. The molecule has 0 bridgehead atoms. The van der Waals surface area contributed by atoms with Crippen molar-refractivity contribution in [2.24, 2.45) is 12.9 Å². The smallest absolute Gasteiger partial charge is 0.351 e. The average Bonchev–Trinajstić information content (AvgIpc) is 3.05. The van der Waals surface area contributed by atoms with E-state index in [1.165, 1.54) is 9.58 Å². The molecule has 2 saturated heterocycles. The normalized spacial score (nSPS) is 24.4. The average molecular weight is 337 g/mol. The van der Waals surface area contributed by atoms with E-state index in [-0.39, 0.29) is 17.8 Å². The van der Waals surface area contributed by atoms with Crippen LogP contribution in [0, 0.1) is 0 Å². The third-order valence-corrected chi connectivity index (χ3v) is 4.76. The molecule has 2 aliphatic heterocycles. The minimum Gasteiger partial charge on any atom is -0.393 e. The first kappa shape index (κ1) is 17.0. The number of rotatable bonds is 4. The second-order valence-electron chi connectivity index (χ2n) is 6.55. The molecule has 9 heteroatoms. The second-order valence-corrected chi connectivity index (χ2v) is 6.55. The molecular weight excluding hydrogens is 310 g/mol. The topological polar surface area (TPSA) is 115 Å². The fraction of sp³-hybridized carbons (Fsp3) is 0.733. The minimum absolute atomic E-state index is 0.0687. The molecule has 24 heavy (non-hydrogen) atoms. The molecule has 3 heterocycles. The van der Waals surface area contributed by atoms with Crippen LogP contribution >= 0.6 is 0 Å². The van der Waals surface area contributed by atoms with Crippen LogP contribution in [-0.2, 0) is 11.8 Å². The van der Waals surface area contributed by atoms with Crippen LogP contribution in [0.15, 0.2) is 4.79 Å². The van der Waals surface area contributed by atoms with Crippen molar-refractivity contribution in [3.05, 3.63) is 10.5 Å². The van der Waals surface area contributed by atoms with Crippen molar-refractivity contribution in [1.82, 2.24) is 14.9 Å². The van der Waals surface area contributed by atoms with Gasteiger partial charge in [-0.1, -0.05) is 0 Å². The summed E-state index contributed by atoms with van der Waals surface area (Å²) in [5.74, 6) is 7.24. The Morgan fingerprint density at radius 2 is 2.29 bits per heavy atom. The highest BCUT2D eigenvalue weighted by Crippen LogP contribution is 2.30. The summed E-state index contributed by atoms with van der Waals surface area (Å²) in [5, 5.41) is 4.84. The molecule has 0 amide bonds. The molecule has 1 aromatic rings. The summed E-state index contributed by atoms with van der Waals surface area (Å²) < 4.78 is 7.04. The van der Waals surface area contributed by atoms with Crippen molar-refractivity contribution in [2.45, 2.75) is 31.9 Å². The fourth-order valence-corrected chi connectivity index (χ4v) is 3.41. The molecule has 2 unspecified atom stereocenters. The minimum atomic E-state index is -0.359. The Morgan fingerprint density at radius 1 is 1.50 bits per heavy atom. The largest absolute Gasteiger partial charge is 0.393 e. The van der Waals surface area contributed by atoms with Gasteiger partial charge in [-0.2, -0.15) is 4.98 Å². The molecule has 5 N–H and O–H groups in total. The highest BCUT2D eigenvalue weighted by Gasteiger charge is 2.27. The SMILES string of the molecule is CC1CNCCN1c1nc(=O)n(C)c(N(N)CC2CCCO2)c1N. The predicted molar refractivity (Wildman–Crippen MR) is 94.1 cm³/mol. The molecule has 9 nitrogen and oxygen atoms in total. The van der Waals surface area contributed by atoms with E-state index in [1.54, 1.807) is 7.05 Å². The Hall–Kier alpha value is -1.84. The molecule has 134 valence electrons. The summed E-state index contributed by atoms with van der Waals surface area (Å²) in [4.78, 5) is 18.6. The van der Waals surface area contributed by atoms with E-state index in [4.69, 9.17) is 16.3 Å². The van der Waals surface area contributed by atoms with Gasteiger partial charge in [0.25, 0.3) is 0 Å². The lowest BCUT2D eigenvalue weighted by molar-refractivity contribution is 0.115. The lowest BCUT2D eigenvalue weighted by Gasteiger charge is -2.36. The van der Waals surface area contributed by atoms with Crippen LogP contribution in [0.3, 0.4) is 0 Å². The highest BCUT2D eigenvalue weighted by molar-refractivity contribution is 5.76. The van der Waals surface area contributed by atoms with E-state index in [0.717, 1.165) is 39.1 Å². The maximum atomic E-state index is 12.3. The predicted octanol–water partition coefficient (Wildman–Crippen LogP) is -0.980. The van der Waals surface area contributed by atoms with Crippen LogP contribution in [0.1, 0.15) is 19.8 Å². The van der Waals surface area contributed by atoms with E-state index in [9.17, 15) is 4.79 Å². The number of nitrogens with one attached hydrogen (secondary N) is 1. The number of aromatic nitrogens is 2. The first-order valence-corrected chi connectivity index (χ1v) is 8.46. The van der Waals surface area contributed by atoms with E-state index in [2.05, 4.69) is 22.1 Å². The van der Waals surface area contributed by atoms with Crippen LogP contribution in [0.25, 0.3) is 0 Å². The maximum Gasteiger partial charge on any atom is 0.351 e. The number of piperazine rings is 1. The van der Waals surface area contributed by atoms with Crippen molar-refractivity contribution in [2.75, 3.05) is 48.4 Å². The molecule has 0 spiro atoms. The molecule has 2 fully saturated rings. The third-order valence-electron chi connectivity index (χ3n) is 4.76. The van der Waals surface area contributed by atoms with Crippen LogP contribution in [0.5, 0.6) is 0 Å². The number of hydrazine groups is 1. The van der Waals surface area contributed by atoms with Crippen molar-refractivity contribution >= 4 is 17.3 Å². The molecule has 2 atom stereocenters. The standard InChI is InChI=1S/C15H27N7O2/c1-10-8-18-5-6-21(10)13-12(16)14(20(2)15(23)19-13)22(17)9-11-4-3-7-24-11/h10-11,18H,3-9,16-17H2,1-2H3. The zero-order chi connectivity index (χ0) is 17.3. The van der Waals surface area contributed by atoms with Gasteiger partial charge >= 0.3 is 5.69 Å². The van der Waals surface area contributed by atoms with Crippen molar-refractivity contribution < 1.29 is 4.74 Å². The van der Waals surface area contributed by atoms with Gasteiger partial charge in [0.05, 0.1) is 12.6 Å². The lowest BCUT2D eigenvalue weighted by atomic mass is 10.2. The Balaban J connectivity index is 1.94. The maximum absolute atomic E-state index is 12.3. The molecule has 0 saturated carbocycles. The molecule has 0 aromatic carbocycles. The summed E-state index contributed by atoms with van der Waals surface area (Å²) in [5.41, 5.74) is 6.45. The van der Waals surface area contributed by atoms with Gasteiger partial charge in [0, 0.05) is 39.3 Å². The Morgan fingerprint density at radius 3 is 2.96 bits per heavy atom. The van der Waals surface area contributed by atoms with Crippen molar-refractivity contribution in [3.8, 4) is 0 Å². The number of hydrogen-bond acceptors (Lipinski definition) is 8. The van der Waals surface area contributed by atoms with Gasteiger partial charge in [0.1, 0.15) is 5.69 Å². The number of hydrogen-bond donors (Lipinski definition) is 3. The monoisotopic (exact) mass is 337 g/mol. The highest BCUT2D eigenvalue weighted by atomic mass is 16.5. The zero-order valence-electron chi connectivity index (χ0n) is 14.4. The van der Waals surface area contributed by atoms with E-state index < -0.39 is 0 Å². The second kappa shape index (κ2) is 6.96. The Kier molecular flexibility index (Phi) is 4.93. The summed E-state index contributed by atoms with van der Waals surface area (Å²) in [6.07, 6.45) is 2.07. The number of nitrogens with two attached hydrogens (primary N) is 2. The van der Waals surface area contributed by atoms with Gasteiger partial charge in [0.2, 0.25) is 0 Å². The summed E-state index contributed by atoms with van der Waals surface area (Å²) in [6.45, 7) is 5.75. The van der Waals surface area contributed by atoms with Crippen LogP contribution in [-0.4, -0.2) is 54.5 Å². The molecular formula is C15H27N7O2. The van der Waals surface area contributed by atoms with Gasteiger partial charge in [0.15, 0.2) is 11.6 Å². The number of anilines is 3. The molecule has 0 radical (unpaired) electrons. The number of nitrogens with zero attached hydrogens (tertiary/aromatic N) is 4. The van der Waals surface area contributed by atoms with Gasteiger partial charge in [-0.3, -0.25) is 9.58 Å². The third kappa shape index (κ3) is 3.19. The van der Waals surface area contributed by atoms with Crippen LogP contribution in [0.4, 0.5) is 17.3 Å². The van der Waals surface area contributed by atoms with Crippen LogP contribution in [0.2, 0.25) is 0 Å². The van der Waals surface area contributed by atoms with E-state index in [1.807, 2.05) is 0 Å². The molecule has 1 aromatic heterocycles. The summed E-state index contributed by atoms with van der Waals surface area (Å²) in [6, 6.07) is 0.206. The van der Waals surface area contributed by atoms with Crippen molar-refractivity contribution in [3.63, 3.8) is 0 Å². The van der Waals surface area contributed by atoms with Crippen LogP contribution < -0.4 is 32.5 Å². The zero-order valence-corrected chi connectivity index (χ0v) is 14.4. The summed E-state index contributed by atoms with van der Waals surface area (Å²) >= 11 is 0. The summed E-state index contributed by atoms with van der Waals surface area (Å²) in [7, 11) is 1.64. The Labute approximate surface area is 141 Å². The molecule has 2 aliphatic rings. The fourth-order valence-electron chi connectivity index (χ4n) is 3.41. The van der Waals surface area contributed by atoms with Gasteiger partial charge in [-0.05, 0) is 19.8 Å². The van der Waals surface area contributed by atoms with Gasteiger partial charge in [-0.25, -0.2) is 10.6 Å². The van der Waals surface area contributed by atoms with Gasteiger partial charge in [-0.15, -0.1) is 0 Å². The quantitative estimate of drug-likeness (QED) is 0.474. The first-order chi connectivity index (χ1) is 11.5. The Bertz CT molecular complexity index is 641. The molecule has 3 rings (SSSR count). The van der Waals surface area contributed by atoms with Crippen molar-refractivity contribution in [1.29, 1.82) is 0 Å². The van der Waals surface area contributed by atoms with Gasteiger partial charge < -0.3 is 20.7 Å². The van der Waals surface area contributed by atoms with E-state index >= 15 is 0 Å². The molecule has 0 aliphatic carbocycles. The number of nitrogen functional groups attached to an aromatic ring is 1. The van der Waals surface area contributed by atoms with E-state index in [0.29, 0.717) is 23.9 Å².